The van der Waals surface area contributed by atoms with Crippen LogP contribution in [-0.2, 0) is 10.1 Å². The number of hydrogen-bond donors (Lipinski definition) is 2. The summed E-state index contributed by atoms with van der Waals surface area (Å²) in [6.45, 7) is 0.297. The molecule has 0 radical (unpaired) electrons. The maximum atomic E-state index is 12.2. The Labute approximate surface area is 124 Å². The van der Waals surface area contributed by atoms with Gasteiger partial charge in [0.15, 0.2) is 0 Å². The Morgan fingerprint density at radius 1 is 1.10 bits per heavy atom. The standard InChI is InChI=1S/C15H17NO4S/c1-16-11-14(17)13-9-5-6-10-15(13)20-21(18,19)12-7-3-2-4-8-12/h2-10,14,16-17H,11H2,1H3/t14-/m0/s1. The summed E-state index contributed by atoms with van der Waals surface area (Å²) in [4.78, 5) is 0.0721. The van der Waals surface area contributed by atoms with Gasteiger partial charge in [0.1, 0.15) is 10.6 Å². The Morgan fingerprint density at radius 2 is 1.71 bits per heavy atom. The van der Waals surface area contributed by atoms with E-state index in [4.69, 9.17) is 4.18 Å². The van der Waals surface area contributed by atoms with Crippen LogP contribution >= 0.6 is 0 Å². The lowest BCUT2D eigenvalue weighted by molar-refractivity contribution is 0.175. The number of hydrogen-bond acceptors (Lipinski definition) is 5. The van der Waals surface area contributed by atoms with Crippen LogP contribution in [-0.4, -0.2) is 27.1 Å². The van der Waals surface area contributed by atoms with Gasteiger partial charge in [-0.15, -0.1) is 0 Å². The SMILES string of the molecule is CNC[C@H](O)c1ccccc1OS(=O)(=O)c1ccccc1. The molecule has 0 aliphatic heterocycles. The van der Waals surface area contributed by atoms with E-state index in [0.29, 0.717) is 12.1 Å². The number of likely N-dealkylation sites (N-methyl/N-ethyl adjacent to an activating group) is 1. The van der Waals surface area contributed by atoms with Crippen LogP contribution < -0.4 is 9.50 Å². The minimum atomic E-state index is -3.92. The van der Waals surface area contributed by atoms with E-state index in [1.54, 1.807) is 43.4 Å². The fraction of sp³-hybridized carbons (Fsp3) is 0.200. The first-order chi connectivity index (χ1) is 10.0. The molecule has 5 nitrogen and oxygen atoms in total. The molecule has 2 aromatic rings. The monoisotopic (exact) mass is 307 g/mol. The molecule has 0 aliphatic rings. The first kappa shape index (κ1) is 15.5. The molecule has 0 heterocycles. The van der Waals surface area contributed by atoms with Crippen molar-refractivity contribution >= 4 is 10.1 Å². The minimum Gasteiger partial charge on any atom is -0.387 e. The maximum absolute atomic E-state index is 12.2. The first-order valence-corrected chi connectivity index (χ1v) is 7.86. The van der Waals surface area contributed by atoms with Gasteiger partial charge in [-0.1, -0.05) is 36.4 Å². The molecule has 2 N–H and O–H groups in total. The molecule has 112 valence electrons. The zero-order valence-corrected chi connectivity index (χ0v) is 12.4. The number of rotatable bonds is 6. The second kappa shape index (κ2) is 6.71. The first-order valence-electron chi connectivity index (χ1n) is 6.45. The lowest BCUT2D eigenvalue weighted by Gasteiger charge is -2.15. The van der Waals surface area contributed by atoms with E-state index in [1.165, 1.54) is 18.2 Å². The van der Waals surface area contributed by atoms with Gasteiger partial charge in [0, 0.05) is 12.1 Å². The van der Waals surface area contributed by atoms with Crippen LogP contribution in [0.25, 0.3) is 0 Å². The van der Waals surface area contributed by atoms with Crippen molar-refractivity contribution in [3.63, 3.8) is 0 Å². The highest BCUT2D eigenvalue weighted by atomic mass is 32.2. The van der Waals surface area contributed by atoms with Crippen molar-refractivity contribution < 1.29 is 17.7 Å². The highest BCUT2D eigenvalue weighted by Crippen LogP contribution is 2.27. The fourth-order valence-corrected chi connectivity index (χ4v) is 2.86. The molecule has 1 atom stereocenters. The molecule has 2 aromatic carbocycles. The van der Waals surface area contributed by atoms with Crippen molar-refractivity contribution in [2.75, 3.05) is 13.6 Å². The Bertz CT molecular complexity index is 686. The van der Waals surface area contributed by atoms with Crippen LogP contribution in [0.2, 0.25) is 0 Å². The smallest absolute Gasteiger partial charge is 0.339 e. The molecule has 2 rings (SSSR count). The van der Waals surface area contributed by atoms with Gasteiger partial charge in [-0.25, -0.2) is 0 Å². The van der Waals surface area contributed by atoms with Crippen molar-refractivity contribution in [3.8, 4) is 5.75 Å². The van der Waals surface area contributed by atoms with Crippen LogP contribution in [0.1, 0.15) is 11.7 Å². The quantitative estimate of drug-likeness (QED) is 0.795. The lowest BCUT2D eigenvalue weighted by Crippen LogP contribution is -2.18. The third-order valence-corrected chi connectivity index (χ3v) is 4.16. The summed E-state index contributed by atoms with van der Waals surface area (Å²) < 4.78 is 29.6. The molecule has 0 aliphatic carbocycles. The molecule has 0 unspecified atom stereocenters. The lowest BCUT2D eigenvalue weighted by atomic mass is 10.1. The van der Waals surface area contributed by atoms with Gasteiger partial charge < -0.3 is 14.6 Å². The maximum Gasteiger partial charge on any atom is 0.339 e. The van der Waals surface area contributed by atoms with Gasteiger partial charge >= 0.3 is 10.1 Å². The Morgan fingerprint density at radius 3 is 2.38 bits per heavy atom. The van der Waals surface area contributed by atoms with E-state index in [-0.39, 0.29) is 10.6 Å². The molecular formula is C15H17NO4S. The van der Waals surface area contributed by atoms with E-state index in [1.807, 2.05) is 0 Å². The van der Waals surface area contributed by atoms with Crippen molar-refractivity contribution in [1.82, 2.24) is 5.32 Å². The van der Waals surface area contributed by atoms with E-state index < -0.39 is 16.2 Å². The summed E-state index contributed by atoms with van der Waals surface area (Å²) in [5, 5.41) is 12.9. The zero-order chi connectivity index (χ0) is 15.3. The second-order valence-electron chi connectivity index (χ2n) is 4.46. The van der Waals surface area contributed by atoms with E-state index in [9.17, 15) is 13.5 Å². The van der Waals surface area contributed by atoms with E-state index in [2.05, 4.69) is 5.32 Å². The van der Waals surface area contributed by atoms with Crippen LogP contribution in [0.3, 0.4) is 0 Å². The number of para-hydroxylation sites is 1. The third kappa shape index (κ3) is 3.81. The van der Waals surface area contributed by atoms with Gasteiger partial charge in [-0.2, -0.15) is 8.42 Å². The van der Waals surface area contributed by atoms with Gasteiger partial charge in [0.05, 0.1) is 6.10 Å². The summed E-state index contributed by atoms with van der Waals surface area (Å²) in [6.07, 6.45) is -0.850. The van der Waals surface area contributed by atoms with Crippen LogP contribution in [0.4, 0.5) is 0 Å². The van der Waals surface area contributed by atoms with Gasteiger partial charge in [0.2, 0.25) is 0 Å². The number of benzene rings is 2. The summed E-state index contributed by atoms with van der Waals surface area (Å²) in [7, 11) is -2.21. The van der Waals surface area contributed by atoms with Crippen LogP contribution in [0, 0.1) is 0 Å². The van der Waals surface area contributed by atoms with Gasteiger partial charge in [-0.05, 0) is 25.2 Å². The fourth-order valence-electron chi connectivity index (χ4n) is 1.89. The van der Waals surface area contributed by atoms with Gasteiger partial charge in [0.25, 0.3) is 0 Å². The third-order valence-electron chi connectivity index (χ3n) is 2.91. The Hall–Kier alpha value is -1.89. The predicted octanol–water partition coefficient (Wildman–Crippen LogP) is 1.71. The summed E-state index contributed by atoms with van der Waals surface area (Å²) in [5.74, 6) is 0.129. The predicted molar refractivity (Wildman–Crippen MR) is 79.6 cm³/mol. The molecule has 21 heavy (non-hydrogen) atoms. The molecule has 0 aromatic heterocycles. The van der Waals surface area contributed by atoms with Crippen molar-refractivity contribution in [3.05, 3.63) is 60.2 Å². The molecule has 0 fully saturated rings. The summed E-state index contributed by atoms with van der Waals surface area (Å²) in [5.41, 5.74) is 0.423. The molecule has 0 bridgehead atoms. The van der Waals surface area contributed by atoms with Crippen LogP contribution in [0.5, 0.6) is 5.75 Å². The Kier molecular flexibility index (Phi) is 4.95. The number of nitrogens with one attached hydrogen (secondary N) is 1. The largest absolute Gasteiger partial charge is 0.387 e. The average Bonchev–Trinajstić information content (AvgIpc) is 2.48. The number of aliphatic hydroxyl groups is 1. The molecule has 0 spiro atoms. The summed E-state index contributed by atoms with van der Waals surface area (Å²) >= 11 is 0. The molecular weight excluding hydrogens is 290 g/mol. The van der Waals surface area contributed by atoms with E-state index in [0.717, 1.165) is 0 Å². The minimum absolute atomic E-state index is 0.0721. The van der Waals surface area contributed by atoms with E-state index >= 15 is 0 Å². The average molecular weight is 307 g/mol. The zero-order valence-electron chi connectivity index (χ0n) is 11.6. The highest BCUT2D eigenvalue weighted by molar-refractivity contribution is 7.87. The molecule has 6 heteroatoms. The van der Waals surface area contributed by atoms with Crippen molar-refractivity contribution in [1.29, 1.82) is 0 Å². The van der Waals surface area contributed by atoms with Crippen molar-refractivity contribution in [2.24, 2.45) is 0 Å². The number of aliphatic hydroxyl groups excluding tert-OH is 1. The highest BCUT2D eigenvalue weighted by Gasteiger charge is 2.20. The normalized spacial score (nSPS) is 12.9. The topological polar surface area (TPSA) is 75.6 Å². The molecule has 0 saturated carbocycles. The molecule has 0 saturated heterocycles. The second-order valence-corrected chi connectivity index (χ2v) is 6.01. The molecule has 0 amide bonds. The summed E-state index contributed by atoms with van der Waals surface area (Å²) in [6, 6.07) is 14.4. The Balaban J connectivity index is 2.32. The van der Waals surface area contributed by atoms with Gasteiger partial charge in [-0.3, -0.25) is 0 Å². The van der Waals surface area contributed by atoms with Crippen molar-refractivity contribution in [2.45, 2.75) is 11.0 Å². The van der Waals surface area contributed by atoms with Crippen LogP contribution in [0.15, 0.2) is 59.5 Å².